The molecule has 1 aromatic carbocycles. The lowest BCUT2D eigenvalue weighted by Crippen LogP contribution is -2.60. The van der Waals surface area contributed by atoms with Gasteiger partial charge in [-0.05, 0) is 35.8 Å². The number of hydrogen-bond donors (Lipinski definition) is 6. The van der Waals surface area contributed by atoms with Crippen LogP contribution in [0.1, 0.15) is 12.0 Å². The number of phenolic OH excluding ortho intramolecular Hbond substituents is 1. The Bertz CT molecular complexity index is 1200. The molecule has 41 heavy (non-hydrogen) atoms. The molecule has 3 aliphatic rings. The zero-order chi connectivity index (χ0) is 29.8. The van der Waals surface area contributed by atoms with E-state index in [0.29, 0.717) is 17.6 Å². The van der Waals surface area contributed by atoms with E-state index in [4.69, 9.17) is 28.4 Å². The van der Waals surface area contributed by atoms with E-state index in [1.54, 1.807) is 6.08 Å². The molecular formula is C27H32O14. The molecule has 0 radical (unpaired) electrons. The van der Waals surface area contributed by atoms with E-state index in [9.17, 15) is 40.2 Å². The maximum atomic E-state index is 12.4. The Hall–Kier alpha value is -3.66. The van der Waals surface area contributed by atoms with Crippen molar-refractivity contribution in [2.75, 3.05) is 27.4 Å². The number of carbonyl (C=O) groups is 2. The van der Waals surface area contributed by atoms with Crippen LogP contribution >= 0.6 is 0 Å². The number of phenols is 1. The zero-order valence-corrected chi connectivity index (χ0v) is 22.2. The molecule has 1 aromatic rings. The summed E-state index contributed by atoms with van der Waals surface area (Å²) < 4.78 is 32.2. The summed E-state index contributed by atoms with van der Waals surface area (Å²) in [5.74, 6) is -3.24. The van der Waals surface area contributed by atoms with Crippen molar-refractivity contribution in [1.29, 1.82) is 0 Å². The third kappa shape index (κ3) is 6.32. The minimum atomic E-state index is -1.74. The Morgan fingerprint density at radius 3 is 2.34 bits per heavy atom. The van der Waals surface area contributed by atoms with Crippen LogP contribution in [0.4, 0.5) is 0 Å². The molecule has 0 aromatic heterocycles. The van der Waals surface area contributed by atoms with Crippen molar-refractivity contribution in [1.82, 2.24) is 0 Å². The molecule has 8 atom stereocenters. The van der Waals surface area contributed by atoms with Gasteiger partial charge in [0.1, 0.15) is 31.0 Å². The smallest absolute Gasteiger partial charge is 0.335 e. The number of ether oxygens (including phenoxy) is 6. The Morgan fingerprint density at radius 1 is 1.05 bits per heavy atom. The molecule has 224 valence electrons. The second kappa shape index (κ2) is 12.9. The number of carbonyl (C=O) groups excluding carboxylic acids is 1. The number of carboxylic acids is 1. The van der Waals surface area contributed by atoms with Crippen LogP contribution in [0.5, 0.6) is 17.2 Å². The summed E-state index contributed by atoms with van der Waals surface area (Å²) in [7, 11) is 2.71. The quantitative estimate of drug-likeness (QED) is 0.119. The highest BCUT2D eigenvalue weighted by molar-refractivity contribution is 5.88. The molecule has 14 nitrogen and oxygen atoms in total. The summed E-state index contributed by atoms with van der Waals surface area (Å²) in [6.45, 7) is -0.902. The molecule has 0 spiro atoms. The van der Waals surface area contributed by atoms with Crippen LogP contribution in [-0.4, -0.2) is 107 Å². The fourth-order valence-electron chi connectivity index (χ4n) is 5.00. The van der Waals surface area contributed by atoms with Crippen LogP contribution in [0.25, 0.3) is 6.08 Å². The van der Waals surface area contributed by atoms with Crippen molar-refractivity contribution in [2.24, 2.45) is 11.8 Å². The van der Waals surface area contributed by atoms with Gasteiger partial charge in [-0.3, -0.25) is 0 Å². The summed E-state index contributed by atoms with van der Waals surface area (Å²) >= 11 is 0. The van der Waals surface area contributed by atoms with Crippen LogP contribution < -0.4 is 9.47 Å². The second-order valence-corrected chi connectivity index (χ2v) is 9.58. The van der Waals surface area contributed by atoms with Crippen LogP contribution in [-0.2, 0) is 28.5 Å². The van der Waals surface area contributed by atoms with Crippen LogP contribution in [0.3, 0.4) is 0 Å². The number of methoxy groups -OCH3 is 2. The number of aromatic hydroxyl groups is 1. The standard InChI is InChI=1S/C27H32O14/c1-36-16-7-12(8-17(37-2)21(16)30)3-6-19(29)38-11-18-22(31)23(32)24(33)27(40-18)41-26-20-13(9-28)4-5-14(20)15(10-39-26)25(34)35/h3-4,6-8,10,14,18,20,22-24,26-28,30-33H,5,9,11H2,1-2H3,(H,34,35)/t14-,18-,20-,22-,23+,24-,26+,27+/m1/s1. The number of benzene rings is 1. The van der Waals surface area contributed by atoms with Crippen molar-refractivity contribution in [3.05, 3.63) is 47.3 Å². The predicted octanol–water partition coefficient (Wildman–Crippen LogP) is -0.330. The Balaban J connectivity index is 1.41. The van der Waals surface area contributed by atoms with Gasteiger partial charge in [0.15, 0.2) is 17.8 Å². The lowest BCUT2D eigenvalue weighted by Gasteiger charge is -2.43. The van der Waals surface area contributed by atoms with Crippen LogP contribution in [0.15, 0.2) is 41.7 Å². The van der Waals surface area contributed by atoms with Gasteiger partial charge in [-0.25, -0.2) is 9.59 Å². The van der Waals surface area contributed by atoms with Gasteiger partial charge < -0.3 is 59.1 Å². The molecule has 1 fully saturated rings. The number of aliphatic hydroxyl groups excluding tert-OH is 4. The maximum absolute atomic E-state index is 12.4. The highest BCUT2D eigenvalue weighted by atomic mass is 16.8. The van der Waals surface area contributed by atoms with Gasteiger partial charge in [-0.1, -0.05) is 6.08 Å². The van der Waals surface area contributed by atoms with E-state index in [0.717, 1.165) is 12.3 Å². The molecule has 6 N–H and O–H groups in total. The Labute approximate surface area is 234 Å². The lowest BCUT2D eigenvalue weighted by atomic mass is 9.83. The average molecular weight is 581 g/mol. The van der Waals surface area contributed by atoms with Crippen molar-refractivity contribution >= 4 is 18.0 Å². The Morgan fingerprint density at radius 2 is 1.73 bits per heavy atom. The van der Waals surface area contributed by atoms with Gasteiger partial charge >= 0.3 is 11.9 Å². The third-order valence-electron chi connectivity index (χ3n) is 7.19. The van der Waals surface area contributed by atoms with E-state index in [1.165, 1.54) is 32.4 Å². The minimum Gasteiger partial charge on any atom is -0.502 e. The second-order valence-electron chi connectivity index (χ2n) is 9.58. The fraction of sp³-hybridized carbons (Fsp3) is 0.481. The normalized spacial score (nSPS) is 31.1. The number of allylic oxidation sites excluding steroid dienone is 1. The molecule has 0 amide bonds. The van der Waals surface area contributed by atoms with Gasteiger partial charge in [0.25, 0.3) is 0 Å². The van der Waals surface area contributed by atoms with Crippen molar-refractivity contribution in [3.63, 3.8) is 0 Å². The lowest BCUT2D eigenvalue weighted by molar-refractivity contribution is -0.339. The summed E-state index contributed by atoms with van der Waals surface area (Å²) in [5.41, 5.74) is 0.930. The van der Waals surface area contributed by atoms with Crippen molar-refractivity contribution < 1.29 is 68.6 Å². The number of aliphatic carboxylic acids is 1. The SMILES string of the molecule is COc1cc(C=CC(=O)OC[C@H]2O[C@@H](O[C@@H]3OC=C(C(=O)O)[C@H]4CC=C(CO)[C@@H]34)[C@H](O)[C@@H](O)[C@@H]2O)cc(OC)c1O. The molecule has 14 heteroatoms. The first-order chi connectivity index (χ1) is 19.6. The molecule has 2 aliphatic heterocycles. The minimum absolute atomic E-state index is 0.00264. The van der Waals surface area contributed by atoms with E-state index in [-0.39, 0.29) is 29.4 Å². The van der Waals surface area contributed by atoms with Crippen LogP contribution in [0.2, 0.25) is 0 Å². The number of esters is 1. The monoisotopic (exact) mass is 580 g/mol. The first kappa shape index (κ1) is 30.3. The third-order valence-corrected chi connectivity index (χ3v) is 7.19. The van der Waals surface area contributed by atoms with E-state index < -0.39 is 67.4 Å². The van der Waals surface area contributed by atoms with Gasteiger partial charge in [0.2, 0.25) is 12.0 Å². The maximum Gasteiger partial charge on any atom is 0.335 e. The molecule has 4 rings (SSSR count). The molecule has 2 heterocycles. The molecule has 1 aliphatic carbocycles. The molecular weight excluding hydrogens is 548 g/mol. The molecule has 0 unspecified atom stereocenters. The average Bonchev–Trinajstić information content (AvgIpc) is 3.40. The zero-order valence-electron chi connectivity index (χ0n) is 22.2. The summed E-state index contributed by atoms with van der Waals surface area (Å²) in [6.07, 6.45) is -3.68. The number of rotatable bonds is 10. The summed E-state index contributed by atoms with van der Waals surface area (Å²) in [4.78, 5) is 24.0. The van der Waals surface area contributed by atoms with Gasteiger partial charge in [0, 0.05) is 12.0 Å². The summed E-state index contributed by atoms with van der Waals surface area (Å²) in [5, 5.41) is 60.6. The van der Waals surface area contributed by atoms with Crippen molar-refractivity contribution in [3.8, 4) is 17.2 Å². The Kier molecular flexibility index (Phi) is 9.53. The summed E-state index contributed by atoms with van der Waals surface area (Å²) in [6, 6.07) is 2.92. The topological polar surface area (TPSA) is 211 Å². The number of aliphatic hydroxyl groups is 4. The highest BCUT2D eigenvalue weighted by Gasteiger charge is 2.50. The molecule has 0 saturated carbocycles. The number of hydrogen-bond acceptors (Lipinski definition) is 13. The molecule has 0 bridgehead atoms. The van der Waals surface area contributed by atoms with E-state index in [2.05, 4.69) is 0 Å². The fourth-order valence-corrected chi connectivity index (χ4v) is 5.00. The predicted molar refractivity (Wildman–Crippen MR) is 136 cm³/mol. The van der Waals surface area contributed by atoms with Crippen molar-refractivity contribution in [2.45, 2.75) is 43.4 Å². The van der Waals surface area contributed by atoms with Gasteiger partial charge in [0.05, 0.1) is 38.6 Å². The highest BCUT2D eigenvalue weighted by Crippen LogP contribution is 2.44. The van der Waals surface area contributed by atoms with E-state index in [1.807, 2.05) is 0 Å². The van der Waals surface area contributed by atoms with Gasteiger partial charge in [-0.2, -0.15) is 0 Å². The van der Waals surface area contributed by atoms with E-state index >= 15 is 0 Å². The largest absolute Gasteiger partial charge is 0.502 e. The van der Waals surface area contributed by atoms with Crippen LogP contribution in [0, 0.1) is 11.8 Å². The first-order valence-corrected chi connectivity index (χ1v) is 12.6. The van der Waals surface area contributed by atoms with Gasteiger partial charge in [-0.15, -0.1) is 0 Å². The number of fused-ring (bicyclic) bond motifs is 1. The number of carboxylic acid groups (broad SMARTS) is 1. The molecule has 1 saturated heterocycles. The first-order valence-electron chi connectivity index (χ1n) is 12.6.